The molecule has 0 bridgehead atoms. The lowest BCUT2D eigenvalue weighted by Crippen LogP contribution is -3.00. The fourth-order valence-corrected chi connectivity index (χ4v) is 2.10. The Balaban J connectivity index is 0.00000400. The van der Waals surface area contributed by atoms with Crippen molar-refractivity contribution in [2.45, 2.75) is 58.3 Å². The first-order valence-corrected chi connectivity index (χ1v) is 7.76. The van der Waals surface area contributed by atoms with Gasteiger partial charge in [-0.25, -0.2) is 4.79 Å². The summed E-state index contributed by atoms with van der Waals surface area (Å²) in [6, 6.07) is 6.83. The van der Waals surface area contributed by atoms with E-state index in [0.29, 0.717) is 17.9 Å². The van der Waals surface area contributed by atoms with Gasteiger partial charge in [0.15, 0.2) is 0 Å². The number of carbonyl (C=O) groups excluding carboxylic acids is 1. The van der Waals surface area contributed by atoms with Crippen molar-refractivity contribution < 1.29 is 21.9 Å². The largest absolute Gasteiger partial charge is 1.00 e. The third kappa shape index (κ3) is 9.35. The Labute approximate surface area is 134 Å². The van der Waals surface area contributed by atoms with Crippen molar-refractivity contribution in [3.63, 3.8) is 0 Å². The maximum Gasteiger partial charge on any atom is 0.338 e. The first kappa shape index (κ1) is 19.8. The number of ether oxygens (including phenoxy) is 1. The number of benzene rings is 1. The van der Waals surface area contributed by atoms with Gasteiger partial charge >= 0.3 is 5.97 Å². The molecule has 0 atom stereocenters. The summed E-state index contributed by atoms with van der Waals surface area (Å²) >= 11 is 0. The van der Waals surface area contributed by atoms with E-state index in [9.17, 15) is 4.79 Å². The SMILES string of the molecule is CCCCCCCCCCOC(=O)c1ccc(N)cc1.[Cl-]. The molecule has 0 aromatic heterocycles. The molecule has 0 saturated carbocycles. The van der Waals surface area contributed by atoms with Gasteiger partial charge in [0, 0.05) is 5.69 Å². The molecule has 0 unspecified atom stereocenters. The summed E-state index contributed by atoms with van der Waals surface area (Å²) in [5, 5.41) is 0. The van der Waals surface area contributed by atoms with Crippen molar-refractivity contribution in [3.8, 4) is 0 Å². The van der Waals surface area contributed by atoms with Crippen LogP contribution in [0.25, 0.3) is 0 Å². The fraction of sp³-hybridized carbons (Fsp3) is 0.588. The number of carbonyl (C=O) groups is 1. The van der Waals surface area contributed by atoms with Gasteiger partial charge in [0.05, 0.1) is 12.2 Å². The molecule has 0 amide bonds. The summed E-state index contributed by atoms with van der Waals surface area (Å²) in [4.78, 5) is 11.7. The number of esters is 1. The topological polar surface area (TPSA) is 52.3 Å². The summed E-state index contributed by atoms with van der Waals surface area (Å²) in [7, 11) is 0. The molecule has 120 valence electrons. The van der Waals surface area contributed by atoms with Crippen LogP contribution in [0.2, 0.25) is 0 Å². The predicted molar refractivity (Wildman–Crippen MR) is 83.7 cm³/mol. The maximum absolute atomic E-state index is 11.7. The lowest BCUT2D eigenvalue weighted by atomic mass is 10.1. The van der Waals surface area contributed by atoms with E-state index in [0.717, 1.165) is 12.8 Å². The molecule has 0 aliphatic heterocycles. The molecule has 0 aliphatic rings. The minimum absolute atomic E-state index is 0. The van der Waals surface area contributed by atoms with Crippen LogP contribution in [-0.2, 0) is 4.74 Å². The maximum atomic E-state index is 11.7. The number of nitrogens with two attached hydrogens (primary N) is 1. The van der Waals surface area contributed by atoms with Crippen LogP contribution >= 0.6 is 0 Å². The zero-order chi connectivity index (χ0) is 14.6. The number of halogens is 1. The lowest BCUT2D eigenvalue weighted by molar-refractivity contribution is -0.0000227. The molecule has 21 heavy (non-hydrogen) atoms. The second-order valence-corrected chi connectivity index (χ2v) is 5.23. The van der Waals surface area contributed by atoms with Gasteiger partial charge in [0.25, 0.3) is 0 Å². The van der Waals surface area contributed by atoms with Crippen LogP contribution in [0.1, 0.15) is 68.6 Å². The second kappa shape index (κ2) is 12.5. The normalized spacial score (nSPS) is 9.95. The molecule has 0 fully saturated rings. The number of unbranched alkanes of at least 4 members (excludes halogenated alkanes) is 7. The lowest BCUT2D eigenvalue weighted by Gasteiger charge is -2.05. The molecule has 0 heterocycles. The number of hydrogen-bond donors (Lipinski definition) is 1. The van der Waals surface area contributed by atoms with E-state index in [1.54, 1.807) is 24.3 Å². The molecule has 1 aromatic rings. The number of nitrogen functional groups attached to an aromatic ring is 1. The standard InChI is InChI=1S/C17H27NO2.ClH/c1-2-3-4-5-6-7-8-9-14-20-17(19)15-10-12-16(18)13-11-15;/h10-13H,2-9,14,18H2,1H3;1H/p-1. The molecule has 0 spiro atoms. The van der Waals surface area contributed by atoms with Gasteiger partial charge in [0.2, 0.25) is 0 Å². The van der Waals surface area contributed by atoms with Gasteiger partial charge in [-0.3, -0.25) is 0 Å². The number of rotatable bonds is 10. The van der Waals surface area contributed by atoms with Crippen LogP contribution in [0, 0.1) is 0 Å². The number of hydrogen-bond acceptors (Lipinski definition) is 3. The Morgan fingerprint density at radius 3 is 2.05 bits per heavy atom. The highest BCUT2D eigenvalue weighted by atomic mass is 35.5. The van der Waals surface area contributed by atoms with Crippen LogP contribution < -0.4 is 18.1 Å². The second-order valence-electron chi connectivity index (χ2n) is 5.23. The highest BCUT2D eigenvalue weighted by molar-refractivity contribution is 5.89. The zero-order valence-electron chi connectivity index (χ0n) is 12.9. The minimum Gasteiger partial charge on any atom is -1.00 e. The average Bonchev–Trinajstić information content (AvgIpc) is 2.46. The van der Waals surface area contributed by atoms with E-state index in [-0.39, 0.29) is 18.4 Å². The first-order valence-electron chi connectivity index (χ1n) is 7.76. The molecule has 1 aromatic carbocycles. The van der Waals surface area contributed by atoms with Crippen LogP contribution in [0.15, 0.2) is 24.3 Å². The Hall–Kier alpha value is -1.22. The minimum atomic E-state index is -0.257. The molecule has 2 N–H and O–H groups in total. The van der Waals surface area contributed by atoms with Crippen molar-refractivity contribution in [1.29, 1.82) is 0 Å². The highest BCUT2D eigenvalue weighted by Crippen LogP contribution is 2.10. The van der Waals surface area contributed by atoms with Gasteiger partial charge < -0.3 is 22.9 Å². The molecule has 0 radical (unpaired) electrons. The third-order valence-electron chi connectivity index (χ3n) is 3.38. The molecular formula is C17H27ClNO2-. The van der Waals surface area contributed by atoms with Crippen molar-refractivity contribution in [2.24, 2.45) is 0 Å². The summed E-state index contributed by atoms with van der Waals surface area (Å²) in [5.41, 5.74) is 6.80. The molecule has 0 aliphatic carbocycles. The van der Waals surface area contributed by atoms with E-state index in [2.05, 4.69) is 6.92 Å². The van der Waals surface area contributed by atoms with Gasteiger partial charge in [-0.2, -0.15) is 0 Å². The Bertz CT molecular complexity index is 379. The molecule has 4 heteroatoms. The number of anilines is 1. The van der Waals surface area contributed by atoms with Crippen LogP contribution in [0.5, 0.6) is 0 Å². The molecule has 3 nitrogen and oxygen atoms in total. The van der Waals surface area contributed by atoms with E-state index >= 15 is 0 Å². The fourth-order valence-electron chi connectivity index (χ4n) is 2.10. The highest BCUT2D eigenvalue weighted by Gasteiger charge is 2.05. The third-order valence-corrected chi connectivity index (χ3v) is 3.38. The Kier molecular flexibility index (Phi) is 11.8. The summed E-state index contributed by atoms with van der Waals surface area (Å²) in [5.74, 6) is -0.257. The zero-order valence-corrected chi connectivity index (χ0v) is 13.7. The van der Waals surface area contributed by atoms with E-state index in [1.807, 2.05) is 0 Å². The molecule has 1 rings (SSSR count). The Morgan fingerprint density at radius 2 is 1.48 bits per heavy atom. The van der Waals surface area contributed by atoms with E-state index in [4.69, 9.17) is 10.5 Å². The van der Waals surface area contributed by atoms with E-state index in [1.165, 1.54) is 38.5 Å². The van der Waals surface area contributed by atoms with Gasteiger partial charge in [-0.15, -0.1) is 0 Å². The predicted octanol–water partition coefficient (Wildman–Crippen LogP) is 1.57. The van der Waals surface area contributed by atoms with Gasteiger partial charge in [-0.1, -0.05) is 51.9 Å². The quantitative estimate of drug-likeness (QED) is 0.405. The smallest absolute Gasteiger partial charge is 0.338 e. The monoisotopic (exact) mass is 312 g/mol. The van der Waals surface area contributed by atoms with Crippen molar-refractivity contribution in [3.05, 3.63) is 29.8 Å². The van der Waals surface area contributed by atoms with E-state index < -0.39 is 0 Å². The van der Waals surface area contributed by atoms with Crippen molar-refractivity contribution in [2.75, 3.05) is 12.3 Å². The van der Waals surface area contributed by atoms with Crippen molar-refractivity contribution >= 4 is 11.7 Å². The van der Waals surface area contributed by atoms with Gasteiger partial charge in [0.1, 0.15) is 0 Å². The summed E-state index contributed by atoms with van der Waals surface area (Å²) in [6.07, 6.45) is 9.95. The summed E-state index contributed by atoms with van der Waals surface area (Å²) in [6.45, 7) is 2.74. The average molecular weight is 313 g/mol. The van der Waals surface area contributed by atoms with Crippen LogP contribution in [-0.4, -0.2) is 12.6 Å². The first-order chi connectivity index (χ1) is 9.74. The van der Waals surface area contributed by atoms with Crippen molar-refractivity contribution in [1.82, 2.24) is 0 Å². The van der Waals surface area contributed by atoms with Crippen LogP contribution in [0.3, 0.4) is 0 Å². The Morgan fingerprint density at radius 1 is 0.952 bits per heavy atom. The summed E-state index contributed by atoms with van der Waals surface area (Å²) < 4.78 is 5.23. The van der Waals surface area contributed by atoms with Crippen LogP contribution in [0.4, 0.5) is 5.69 Å². The molecular weight excluding hydrogens is 286 g/mol. The van der Waals surface area contributed by atoms with Gasteiger partial charge in [-0.05, 0) is 30.7 Å². The molecule has 0 saturated heterocycles.